The summed E-state index contributed by atoms with van der Waals surface area (Å²) in [4.78, 5) is 81.2. The Morgan fingerprint density at radius 3 is 2.16 bits per heavy atom. The Hall–Kier alpha value is -3.24. The van der Waals surface area contributed by atoms with Gasteiger partial charge >= 0.3 is 6.03 Å². The number of carbonyl (C=O) groups is 6. The average Bonchev–Trinajstić information content (AvgIpc) is 3.22. The van der Waals surface area contributed by atoms with E-state index >= 15 is 0 Å². The van der Waals surface area contributed by atoms with Crippen molar-refractivity contribution in [3.8, 4) is 0 Å². The van der Waals surface area contributed by atoms with Gasteiger partial charge in [-0.2, -0.15) is 0 Å². The summed E-state index contributed by atoms with van der Waals surface area (Å²) < 4.78 is 0. The van der Waals surface area contributed by atoms with E-state index in [9.17, 15) is 28.8 Å². The second-order valence-electron chi connectivity index (χ2n) is 14.8. The van der Waals surface area contributed by atoms with Crippen LogP contribution in [0.15, 0.2) is 12.7 Å². The Labute approximate surface area is 262 Å². The molecule has 0 aromatic carbocycles. The second kappa shape index (κ2) is 13.8. The Balaban J connectivity index is 1.80. The molecule has 0 aromatic heterocycles. The van der Waals surface area contributed by atoms with Gasteiger partial charge in [0, 0.05) is 19.0 Å². The molecular formula is C33H53N5O6. The summed E-state index contributed by atoms with van der Waals surface area (Å²) in [6.07, 6.45) is 4.96. The number of fused-ring (bicyclic) bond motifs is 1. The lowest BCUT2D eigenvalue weighted by Gasteiger charge is -2.38. The number of hydrogen-bond donors (Lipinski definition) is 4. The molecule has 11 heteroatoms. The predicted molar refractivity (Wildman–Crippen MR) is 167 cm³/mol. The van der Waals surface area contributed by atoms with Gasteiger partial charge in [0.05, 0.1) is 12.1 Å². The van der Waals surface area contributed by atoms with Crippen LogP contribution in [0.4, 0.5) is 4.79 Å². The van der Waals surface area contributed by atoms with Gasteiger partial charge in [-0.1, -0.05) is 74.3 Å². The summed E-state index contributed by atoms with van der Waals surface area (Å²) in [5, 5.41) is 10.9. The fourth-order valence-electron chi connectivity index (χ4n) is 6.68. The number of carbonyl (C=O) groups excluding carboxylic acids is 6. The number of hydrogen-bond acceptors (Lipinski definition) is 6. The number of Topliss-reactive ketones (excluding diaryl/α,β-unsaturated/α-hetero) is 2. The van der Waals surface area contributed by atoms with Gasteiger partial charge in [-0.3, -0.25) is 24.0 Å². The van der Waals surface area contributed by atoms with E-state index in [2.05, 4.69) is 41.7 Å². The van der Waals surface area contributed by atoms with Crippen LogP contribution in [-0.4, -0.2) is 77.5 Å². The van der Waals surface area contributed by atoms with Crippen LogP contribution in [0.3, 0.4) is 0 Å². The zero-order chi connectivity index (χ0) is 33.1. The standard InChI is InChI=1S/C33H53N5O6/c1-10-13-21(26(40)29(42)34-16-11-2)35-28(41)24-22-20(33(22,8)9)17-38(24)30(43)27(32(5,6)7)37-31(44)36-23(18(3)4)25(39)19-14-12-15-19/h11,18-24,27H,2,10,12-17H2,1,3-9H3,(H,34,42)(H,35,41)(H2,36,37,44)/t20-,21?,22-,23-,24-,27+/m0/s1. The molecule has 0 aromatic rings. The number of urea groups is 1. The molecule has 44 heavy (non-hydrogen) atoms. The first-order valence-electron chi connectivity index (χ1n) is 16.1. The number of rotatable bonds is 14. The van der Waals surface area contributed by atoms with Crippen LogP contribution in [0.1, 0.15) is 87.5 Å². The first-order valence-corrected chi connectivity index (χ1v) is 16.1. The highest BCUT2D eigenvalue weighted by Crippen LogP contribution is 2.65. The molecular weight excluding hydrogens is 562 g/mol. The molecule has 3 fully saturated rings. The van der Waals surface area contributed by atoms with Crippen molar-refractivity contribution in [3.63, 3.8) is 0 Å². The highest BCUT2D eigenvalue weighted by molar-refractivity contribution is 6.38. The number of ketones is 2. The minimum Gasteiger partial charge on any atom is -0.346 e. The van der Waals surface area contributed by atoms with Crippen molar-refractivity contribution in [1.82, 2.24) is 26.2 Å². The van der Waals surface area contributed by atoms with Gasteiger partial charge < -0.3 is 26.2 Å². The van der Waals surface area contributed by atoms with Crippen molar-refractivity contribution >= 4 is 35.3 Å². The SMILES string of the molecule is C=CCNC(=O)C(=O)C(CCC)NC(=O)[C@@H]1[C@@H]2[C@H](CN1C(=O)[C@@H](NC(=O)N[C@H](C(=O)C1CCC1)C(C)C)C(C)(C)C)C2(C)C. The molecule has 6 atom stereocenters. The molecule has 1 unspecified atom stereocenters. The maximum absolute atomic E-state index is 14.2. The molecule has 1 aliphatic heterocycles. The van der Waals surface area contributed by atoms with Crippen molar-refractivity contribution in [3.05, 3.63) is 12.7 Å². The monoisotopic (exact) mass is 615 g/mol. The van der Waals surface area contributed by atoms with E-state index in [1.54, 1.807) is 0 Å². The van der Waals surface area contributed by atoms with E-state index in [4.69, 9.17) is 0 Å². The van der Waals surface area contributed by atoms with E-state index in [1.165, 1.54) is 11.0 Å². The lowest BCUT2D eigenvalue weighted by molar-refractivity contribution is -0.145. The Kier molecular flexibility index (Phi) is 11.1. The average molecular weight is 616 g/mol. The third-order valence-corrected chi connectivity index (χ3v) is 9.76. The zero-order valence-corrected chi connectivity index (χ0v) is 27.7. The zero-order valence-electron chi connectivity index (χ0n) is 27.7. The molecule has 2 aliphatic carbocycles. The third-order valence-electron chi connectivity index (χ3n) is 9.76. The molecule has 0 bridgehead atoms. The number of piperidine rings is 1. The molecule has 246 valence electrons. The third kappa shape index (κ3) is 7.51. The molecule has 2 saturated carbocycles. The second-order valence-corrected chi connectivity index (χ2v) is 14.8. The highest BCUT2D eigenvalue weighted by Gasteiger charge is 2.70. The van der Waals surface area contributed by atoms with E-state index in [0.29, 0.717) is 13.0 Å². The molecule has 1 heterocycles. The van der Waals surface area contributed by atoms with Gasteiger partial charge in [0.25, 0.3) is 5.91 Å². The molecule has 4 N–H and O–H groups in total. The normalized spacial score (nSPS) is 24.2. The molecule has 11 nitrogen and oxygen atoms in total. The molecule has 3 aliphatic rings. The largest absolute Gasteiger partial charge is 0.346 e. The fourth-order valence-corrected chi connectivity index (χ4v) is 6.68. The minimum atomic E-state index is -1.03. The van der Waals surface area contributed by atoms with Crippen LogP contribution in [0, 0.1) is 34.5 Å². The smallest absolute Gasteiger partial charge is 0.316 e. The molecule has 3 rings (SSSR count). The summed E-state index contributed by atoms with van der Waals surface area (Å²) in [5.74, 6) is -2.61. The summed E-state index contributed by atoms with van der Waals surface area (Å²) in [5.41, 5.74) is -0.897. The number of nitrogens with one attached hydrogen (secondary N) is 4. The maximum atomic E-state index is 14.2. The lowest BCUT2D eigenvalue weighted by atomic mass is 9.78. The van der Waals surface area contributed by atoms with Crippen LogP contribution in [-0.2, 0) is 24.0 Å². The topological polar surface area (TPSA) is 154 Å². The lowest BCUT2D eigenvalue weighted by Crippen LogP contribution is -2.62. The quantitative estimate of drug-likeness (QED) is 0.174. The summed E-state index contributed by atoms with van der Waals surface area (Å²) >= 11 is 0. The minimum absolute atomic E-state index is 0.0213. The van der Waals surface area contributed by atoms with Gasteiger partial charge in [0.1, 0.15) is 12.1 Å². The molecule has 1 saturated heterocycles. The Bertz CT molecular complexity index is 1150. The van der Waals surface area contributed by atoms with Gasteiger partial charge in [0.15, 0.2) is 5.78 Å². The van der Waals surface area contributed by atoms with Crippen molar-refractivity contribution in [2.45, 2.75) is 112 Å². The van der Waals surface area contributed by atoms with Crippen molar-refractivity contribution in [2.24, 2.45) is 34.5 Å². The Morgan fingerprint density at radius 1 is 1.02 bits per heavy atom. The predicted octanol–water partition coefficient (Wildman–Crippen LogP) is 2.73. The van der Waals surface area contributed by atoms with Crippen LogP contribution in [0.2, 0.25) is 0 Å². The van der Waals surface area contributed by atoms with Crippen LogP contribution >= 0.6 is 0 Å². The van der Waals surface area contributed by atoms with E-state index in [0.717, 1.165) is 19.3 Å². The highest BCUT2D eigenvalue weighted by atomic mass is 16.2. The molecule has 0 radical (unpaired) electrons. The number of amides is 5. The first kappa shape index (κ1) is 35.2. The Morgan fingerprint density at radius 2 is 1.66 bits per heavy atom. The van der Waals surface area contributed by atoms with Crippen molar-refractivity contribution in [1.29, 1.82) is 0 Å². The summed E-state index contributed by atoms with van der Waals surface area (Å²) in [6, 6.07) is -4.13. The van der Waals surface area contributed by atoms with Crippen LogP contribution < -0.4 is 21.3 Å². The molecule has 5 amide bonds. The summed E-state index contributed by atoms with van der Waals surface area (Å²) in [6.45, 7) is 19.2. The number of likely N-dealkylation sites (tertiary alicyclic amines) is 1. The maximum Gasteiger partial charge on any atom is 0.316 e. The van der Waals surface area contributed by atoms with Crippen LogP contribution in [0.5, 0.6) is 0 Å². The van der Waals surface area contributed by atoms with Crippen LogP contribution in [0.25, 0.3) is 0 Å². The summed E-state index contributed by atoms with van der Waals surface area (Å²) in [7, 11) is 0. The van der Waals surface area contributed by atoms with E-state index in [-0.39, 0.29) is 47.8 Å². The van der Waals surface area contributed by atoms with Crippen molar-refractivity contribution in [2.75, 3.05) is 13.1 Å². The molecule has 0 spiro atoms. The van der Waals surface area contributed by atoms with Gasteiger partial charge in [0.2, 0.25) is 17.6 Å². The fraction of sp³-hybridized carbons (Fsp3) is 0.758. The van der Waals surface area contributed by atoms with Gasteiger partial charge in [-0.05, 0) is 47.8 Å². The van der Waals surface area contributed by atoms with E-state index < -0.39 is 59.1 Å². The van der Waals surface area contributed by atoms with Gasteiger partial charge in [-0.25, -0.2) is 4.79 Å². The first-order chi connectivity index (χ1) is 20.5. The van der Waals surface area contributed by atoms with E-state index in [1.807, 2.05) is 41.5 Å². The number of nitrogens with zero attached hydrogens (tertiary/aromatic N) is 1. The van der Waals surface area contributed by atoms with Gasteiger partial charge in [-0.15, -0.1) is 6.58 Å². The van der Waals surface area contributed by atoms with Crippen molar-refractivity contribution < 1.29 is 28.8 Å².